The summed E-state index contributed by atoms with van der Waals surface area (Å²) in [5.74, 6) is 0.967. The molecular weight excluding hydrogens is 386 g/mol. The number of fused-ring (bicyclic) bond motifs is 4. The van der Waals surface area contributed by atoms with Gasteiger partial charge in [0.15, 0.2) is 0 Å². The van der Waals surface area contributed by atoms with E-state index < -0.39 is 5.72 Å². The fraction of sp³-hybridized carbons (Fsp3) is 0.217. The number of hydrogen-bond donors (Lipinski definition) is 0. The van der Waals surface area contributed by atoms with E-state index in [0.717, 1.165) is 16.8 Å². The molecule has 2 aliphatic rings. The van der Waals surface area contributed by atoms with Crippen LogP contribution >= 0.6 is 15.9 Å². The van der Waals surface area contributed by atoms with Crippen LogP contribution in [0.2, 0.25) is 0 Å². The molecule has 0 fully saturated rings. The quantitative estimate of drug-likeness (QED) is 0.492. The van der Waals surface area contributed by atoms with Crippen molar-refractivity contribution in [3.8, 4) is 5.75 Å². The van der Waals surface area contributed by atoms with Crippen LogP contribution in [0.15, 0.2) is 77.3 Å². The van der Waals surface area contributed by atoms with E-state index in [4.69, 9.17) is 4.74 Å². The fourth-order valence-corrected chi connectivity index (χ4v) is 5.06. The Morgan fingerprint density at radius 1 is 0.923 bits per heavy atom. The molecular formula is C23H20BrNO. The lowest BCUT2D eigenvalue weighted by molar-refractivity contribution is -0.00814. The van der Waals surface area contributed by atoms with Gasteiger partial charge in [0.1, 0.15) is 5.75 Å². The van der Waals surface area contributed by atoms with Crippen LogP contribution in [0, 0.1) is 0 Å². The minimum Gasteiger partial charge on any atom is -0.462 e. The number of nitrogens with zero attached hydrogens (tertiary/aromatic N) is 1. The van der Waals surface area contributed by atoms with E-state index in [1.807, 2.05) is 0 Å². The summed E-state index contributed by atoms with van der Waals surface area (Å²) in [5.41, 5.74) is 4.23. The van der Waals surface area contributed by atoms with Crippen LogP contribution in [0.25, 0.3) is 0 Å². The van der Waals surface area contributed by atoms with E-state index in [1.165, 1.54) is 22.4 Å². The Hall–Kier alpha value is -2.26. The minimum absolute atomic E-state index is 0.199. The molecule has 0 aliphatic carbocycles. The van der Waals surface area contributed by atoms with Gasteiger partial charge < -0.3 is 9.64 Å². The van der Waals surface area contributed by atoms with Gasteiger partial charge in [-0.25, -0.2) is 0 Å². The molecule has 3 heteroatoms. The summed E-state index contributed by atoms with van der Waals surface area (Å²) in [5, 5.41) is 0. The zero-order valence-electron chi connectivity index (χ0n) is 14.9. The monoisotopic (exact) mass is 405 g/mol. The average Bonchev–Trinajstić information content (AvgIpc) is 2.86. The Morgan fingerprint density at radius 3 is 2.46 bits per heavy atom. The molecule has 0 aromatic heterocycles. The van der Waals surface area contributed by atoms with Gasteiger partial charge in [0.2, 0.25) is 5.72 Å². The van der Waals surface area contributed by atoms with Crippen LogP contribution in [0.1, 0.15) is 30.5 Å². The predicted molar refractivity (Wildman–Crippen MR) is 109 cm³/mol. The normalized spacial score (nSPS) is 22.2. The number of rotatable bonds is 1. The van der Waals surface area contributed by atoms with Gasteiger partial charge in [0.05, 0.1) is 12.0 Å². The Balaban J connectivity index is 1.82. The third-order valence-corrected chi connectivity index (χ3v) is 6.36. The standard InChI is InChI=1S/C23H20BrNO/c1-22(2)19-10-6-7-11-20(19)25-15-16-14-18(24)12-13-21(16)26-23(22,25)17-8-4-3-5-9-17/h3-14H,15H2,1-2H3. The highest BCUT2D eigenvalue weighted by Crippen LogP contribution is 2.59. The maximum absolute atomic E-state index is 6.89. The van der Waals surface area contributed by atoms with E-state index >= 15 is 0 Å². The first-order chi connectivity index (χ1) is 12.5. The molecule has 0 N–H and O–H groups in total. The molecule has 1 unspecified atom stereocenters. The van der Waals surface area contributed by atoms with E-state index in [2.05, 4.69) is 107 Å². The molecule has 2 heterocycles. The van der Waals surface area contributed by atoms with Crippen molar-refractivity contribution in [1.29, 1.82) is 0 Å². The lowest BCUT2D eigenvalue weighted by Gasteiger charge is -2.50. The summed E-state index contributed by atoms with van der Waals surface area (Å²) in [4.78, 5) is 2.44. The van der Waals surface area contributed by atoms with Crippen molar-refractivity contribution in [2.24, 2.45) is 0 Å². The highest BCUT2D eigenvalue weighted by atomic mass is 79.9. The van der Waals surface area contributed by atoms with Gasteiger partial charge in [0, 0.05) is 21.3 Å². The molecule has 130 valence electrons. The van der Waals surface area contributed by atoms with Crippen molar-refractivity contribution in [1.82, 2.24) is 0 Å². The summed E-state index contributed by atoms with van der Waals surface area (Å²) >= 11 is 3.60. The van der Waals surface area contributed by atoms with Crippen molar-refractivity contribution < 1.29 is 4.74 Å². The van der Waals surface area contributed by atoms with Crippen LogP contribution < -0.4 is 9.64 Å². The molecule has 0 bridgehead atoms. The van der Waals surface area contributed by atoms with Gasteiger partial charge in [-0.1, -0.05) is 64.5 Å². The van der Waals surface area contributed by atoms with Crippen molar-refractivity contribution in [2.45, 2.75) is 31.5 Å². The zero-order chi connectivity index (χ0) is 17.9. The van der Waals surface area contributed by atoms with Crippen molar-refractivity contribution in [3.63, 3.8) is 0 Å². The number of hydrogen-bond acceptors (Lipinski definition) is 2. The van der Waals surface area contributed by atoms with Gasteiger partial charge in [-0.3, -0.25) is 0 Å². The Bertz CT molecular complexity index is 998. The molecule has 0 spiro atoms. The summed E-state index contributed by atoms with van der Waals surface area (Å²) in [7, 11) is 0. The summed E-state index contributed by atoms with van der Waals surface area (Å²) < 4.78 is 7.97. The molecule has 26 heavy (non-hydrogen) atoms. The molecule has 0 saturated heterocycles. The second-order valence-electron chi connectivity index (χ2n) is 7.59. The number of anilines is 1. The maximum atomic E-state index is 6.89. The lowest BCUT2D eigenvalue weighted by atomic mass is 9.73. The molecule has 3 aromatic carbocycles. The second kappa shape index (κ2) is 5.37. The minimum atomic E-state index is -0.557. The molecule has 0 radical (unpaired) electrons. The average molecular weight is 406 g/mol. The topological polar surface area (TPSA) is 12.5 Å². The smallest absolute Gasteiger partial charge is 0.218 e. The van der Waals surface area contributed by atoms with Crippen LogP contribution in [0.4, 0.5) is 5.69 Å². The largest absolute Gasteiger partial charge is 0.462 e. The van der Waals surface area contributed by atoms with Gasteiger partial charge in [-0.05, 0) is 43.7 Å². The molecule has 0 saturated carbocycles. The predicted octanol–water partition coefficient (Wildman–Crippen LogP) is 5.99. The molecule has 2 aliphatic heterocycles. The van der Waals surface area contributed by atoms with Crippen molar-refractivity contribution in [2.75, 3.05) is 4.90 Å². The lowest BCUT2D eigenvalue weighted by Crippen LogP contribution is -2.58. The number of halogens is 1. The third kappa shape index (κ3) is 1.92. The summed E-state index contributed by atoms with van der Waals surface area (Å²) in [6.45, 7) is 5.41. The third-order valence-electron chi connectivity index (χ3n) is 5.87. The van der Waals surface area contributed by atoms with E-state index in [1.54, 1.807) is 0 Å². The summed E-state index contributed by atoms with van der Waals surface area (Å²) in [6.07, 6.45) is 0. The van der Waals surface area contributed by atoms with E-state index in [0.29, 0.717) is 0 Å². The summed E-state index contributed by atoms with van der Waals surface area (Å²) in [6, 6.07) is 25.6. The van der Waals surface area contributed by atoms with Gasteiger partial charge in [-0.2, -0.15) is 0 Å². The van der Waals surface area contributed by atoms with E-state index in [-0.39, 0.29) is 5.41 Å². The Morgan fingerprint density at radius 2 is 1.65 bits per heavy atom. The number of para-hydroxylation sites is 1. The molecule has 3 aromatic rings. The van der Waals surface area contributed by atoms with Gasteiger partial charge in [0.25, 0.3) is 0 Å². The number of benzene rings is 3. The molecule has 1 atom stereocenters. The van der Waals surface area contributed by atoms with Gasteiger partial charge in [-0.15, -0.1) is 0 Å². The van der Waals surface area contributed by atoms with Gasteiger partial charge >= 0.3 is 0 Å². The highest BCUT2D eigenvalue weighted by molar-refractivity contribution is 9.10. The zero-order valence-corrected chi connectivity index (χ0v) is 16.5. The first-order valence-electron chi connectivity index (χ1n) is 8.94. The molecule has 2 nitrogen and oxygen atoms in total. The van der Waals surface area contributed by atoms with Crippen LogP contribution in [0.5, 0.6) is 5.75 Å². The Kier molecular flexibility index (Phi) is 3.29. The van der Waals surface area contributed by atoms with Crippen LogP contribution in [-0.4, -0.2) is 0 Å². The highest BCUT2D eigenvalue weighted by Gasteiger charge is 2.61. The number of ether oxygens (including phenoxy) is 1. The fourth-order valence-electron chi connectivity index (χ4n) is 4.65. The second-order valence-corrected chi connectivity index (χ2v) is 8.51. The van der Waals surface area contributed by atoms with Crippen molar-refractivity contribution in [3.05, 3.63) is 94.0 Å². The Labute approximate surface area is 162 Å². The first-order valence-corrected chi connectivity index (χ1v) is 9.73. The SMILES string of the molecule is CC1(C)c2ccccc2N2Cc3cc(Br)ccc3OC21c1ccccc1. The molecule has 5 rings (SSSR count). The van der Waals surface area contributed by atoms with Crippen molar-refractivity contribution >= 4 is 21.6 Å². The first kappa shape index (κ1) is 16.0. The van der Waals surface area contributed by atoms with E-state index in [9.17, 15) is 0 Å². The van der Waals surface area contributed by atoms with Crippen LogP contribution in [0.3, 0.4) is 0 Å². The molecule has 0 amide bonds. The maximum Gasteiger partial charge on any atom is 0.218 e. The van der Waals surface area contributed by atoms with Crippen LogP contribution in [-0.2, 0) is 17.7 Å².